The first kappa shape index (κ1) is 13.1. The van der Waals surface area contributed by atoms with Gasteiger partial charge >= 0.3 is 0 Å². The Balaban J connectivity index is 2.52. The fraction of sp³-hybridized carbons (Fsp3) is 0.385. The lowest BCUT2D eigenvalue weighted by atomic mass is 10.0. The first-order valence-corrected chi connectivity index (χ1v) is 6.21. The van der Waals surface area contributed by atoms with E-state index in [-0.39, 0.29) is 6.04 Å². The van der Waals surface area contributed by atoms with Gasteiger partial charge in [0.15, 0.2) is 0 Å². The van der Waals surface area contributed by atoms with Crippen molar-refractivity contribution >= 4 is 11.6 Å². The lowest BCUT2D eigenvalue weighted by Gasteiger charge is -2.19. The van der Waals surface area contributed by atoms with Crippen LogP contribution in [0.4, 0.5) is 0 Å². The number of aromatic nitrogens is 3. The van der Waals surface area contributed by atoms with Crippen LogP contribution in [-0.2, 0) is 7.05 Å². The number of pyridine rings is 1. The standard InChI is InChI=1S/C13H17ClN4/c1-8-5-6-10(9(2)17-8)12(15-3)13-11(14)7-16-18(13)4/h5-7,12,15H,1-4H3. The van der Waals surface area contributed by atoms with E-state index in [9.17, 15) is 0 Å². The molecule has 5 heteroatoms. The molecule has 0 spiro atoms. The molecule has 96 valence electrons. The monoisotopic (exact) mass is 264 g/mol. The molecule has 1 atom stereocenters. The van der Waals surface area contributed by atoms with Gasteiger partial charge in [0, 0.05) is 18.4 Å². The van der Waals surface area contributed by atoms with Crippen molar-refractivity contribution in [1.29, 1.82) is 0 Å². The molecule has 18 heavy (non-hydrogen) atoms. The maximum Gasteiger partial charge on any atom is 0.0837 e. The maximum atomic E-state index is 6.21. The van der Waals surface area contributed by atoms with Crippen molar-refractivity contribution in [3.05, 3.63) is 46.0 Å². The van der Waals surface area contributed by atoms with Gasteiger partial charge < -0.3 is 5.32 Å². The molecule has 0 aliphatic carbocycles. The van der Waals surface area contributed by atoms with Crippen molar-refractivity contribution in [3.63, 3.8) is 0 Å². The van der Waals surface area contributed by atoms with E-state index in [1.165, 1.54) is 0 Å². The van der Waals surface area contributed by atoms with E-state index in [0.29, 0.717) is 5.02 Å². The smallest absolute Gasteiger partial charge is 0.0837 e. The first-order valence-electron chi connectivity index (χ1n) is 5.83. The van der Waals surface area contributed by atoms with Crippen LogP contribution in [0.5, 0.6) is 0 Å². The van der Waals surface area contributed by atoms with Gasteiger partial charge in [-0.1, -0.05) is 17.7 Å². The Bertz CT molecular complexity index is 543. The van der Waals surface area contributed by atoms with Crippen LogP contribution < -0.4 is 5.32 Å². The highest BCUT2D eigenvalue weighted by atomic mass is 35.5. The summed E-state index contributed by atoms with van der Waals surface area (Å²) in [6.45, 7) is 4.00. The fourth-order valence-corrected chi connectivity index (χ4v) is 2.46. The average Bonchev–Trinajstić information content (AvgIpc) is 2.64. The Labute approximate surface area is 112 Å². The fourth-order valence-electron chi connectivity index (χ4n) is 2.19. The minimum atomic E-state index is -0.00176. The van der Waals surface area contributed by atoms with Gasteiger partial charge in [0.25, 0.3) is 0 Å². The van der Waals surface area contributed by atoms with Crippen LogP contribution >= 0.6 is 11.6 Å². The predicted octanol–water partition coefficient (Wildman–Crippen LogP) is 2.39. The number of nitrogens with zero attached hydrogens (tertiary/aromatic N) is 3. The zero-order chi connectivity index (χ0) is 13.3. The number of hydrogen-bond donors (Lipinski definition) is 1. The number of rotatable bonds is 3. The largest absolute Gasteiger partial charge is 0.308 e. The van der Waals surface area contributed by atoms with Gasteiger partial charge in [0.05, 0.1) is 23.0 Å². The molecule has 4 nitrogen and oxygen atoms in total. The summed E-state index contributed by atoms with van der Waals surface area (Å²) in [6, 6.07) is 4.09. The molecule has 0 saturated carbocycles. The van der Waals surface area contributed by atoms with Crippen LogP contribution in [0.2, 0.25) is 5.02 Å². The van der Waals surface area contributed by atoms with Crippen LogP contribution in [0.3, 0.4) is 0 Å². The molecule has 0 saturated heterocycles. The van der Waals surface area contributed by atoms with Crippen molar-refractivity contribution in [2.24, 2.45) is 7.05 Å². The van der Waals surface area contributed by atoms with E-state index >= 15 is 0 Å². The van der Waals surface area contributed by atoms with Gasteiger partial charge in [-0.05, 0) is 32.5 Å². The second kappa shape index (κ2) is 5.08. The summed E-state index contributed by atoms with van der Waals surface area (Å²) in [7, 11) is 3.80. The molecule has 0 aromatic carbocycles. The zero-order valence-corrected chi connectivity index (χ0v) is 11.8. The Kier molecular flexibility index (Phi) is 3.68. The quantitative estimate of drug-likeness (QED) is 0.926. The number of nitrogens with one attached hydrogen (secondary N) is 1. The predicted molar refractivity (Wildman–Crippen MR) is 72.8 cm³/mol. The average molecular weight is 265 g/mol. The summed E-state index contributed by atoms with van der Waals surface area (Å²) in [5.74, 6) is 0. The summed E-state index contributed by atoms with van der Waals surface area (Å²) in [5.41, 5.74) is 4.09. The number of halogens is 1. The van der Waals surface area contributed by atoms with E-state index < -0.39 is 0 Å². The van der Waals surface area contributed by atoms with Crippen LogP contribution in [0.15, 0.2) is 18.3 Å². The Morgan fingerprint density at radius 1 is 1.33 bits per heavy atom. The minimum absolute atomic E-state index is 0.00176. The second-order valence-corrected chi connectivity index (χ2v) is 4.76. The maximum absolute atomic E-state index is 6.21. The molecular weight excluding hydrogens is 248 g/mol. The highest BCUT2D eigenvalue weighted by Gasteiger charge is 2.21. The van der Waals surface area contributed by atoms with Gasteiger partial charge in [0.1, 0.15) is 0 Å². The number of hydrogen-bond acceptors (Lipinski definition) is 3. The molecule has 1 unspecified atom stereocenters. The van der Waals surface area contributed by atoms with Crippen LogP contribution in [-0.4, -0.2) is 21.8 Å². The lowest BCUT2D eigenvalue weighted by molar-refractivity contribution is 0.601. The highest BCUT2D eigenvalue weighted by Crippen LogP contribution is 2.28. The Morgan fingerprint density at radius 3 is 2.56 bits per heavy atom. The van der Waals surface area contributed by atoms with Gasteiger partial charge in [-0.25, -0.2) is 0 Å². The van der Waals surface area contributed by atoms with Gasteiger partial charge in [-0.15, -0.1) is 0 Å². The third-order valence-electron chi connectivity index (χ3n) is 3.08. The molecule has 0 amide bonds. The van der Waals surface area contributed by atoms with Crippen LogP contribution in [0, 0.1) is 13.8 Å². The third-order valence-corrected chi connectivity index (χ3v) is 3.37. The molecule has 0 bridgehead atoms. The molecule has 0 aliphatic heterocycles. The van der Waals surface area contributed by atoms with E-state index in [0.717, 1.165) is 22.6 Å². The van der Waals surface area contributed by atoms with Crippen LogP contribution in [0.25, 0.3) is 0 Å². The molecule has 2 heterocycles. The molecular formula is C13H17ClN4. The zero-order valence-electron chi connectivity index (χ0n) is 11.0. The van der Waals surface area contributed by atoms with E-state index in [1.807, 2.05) is 34.0 Å². The molecule has 2 aromatic rings. The molecule has 1 N–H and O–H groups in total. The Hall–Kier alpha value is -1.39. The summed E-state index contributed by atoms with van der Waals surface area (Å²) >= 11 is 6.21. The van der Waals surface area contributed by atoms with Gasteiger partial charge in [-0.3, -0.25) is 9.67 Å². The topological polar surface area (TPSA) is 42.7 Å². The van der Waals surface area contributed by atoms with Gasteiger partial charge in [0.2, 0.25) is 0 Å². The van der Waals surface area contributed by atoms with E-state index in [4.69, 9.17) is 11.6 Å². The second-order valence-electron chi connectivity index (χ2n) is 4.35. The van der Waals surface area contributed by atoms with Gasteiger partial charge in [-0.2, -0.15) is 5.10 Å². The Morgan fingerprint density at radius 2 is 2.06 bits per heavy atom. The van der Waals surface area contributed by atoms with E-state index in [2.05, 4.69) is 21.5 Å². The van der Waals surface area contributed by atoms with Crippen molar-refractivity contribution in [3.8, 4) is 0 Å². The normalized spacial score (nSPS) is 12.7. The third kappa shape index (κ3) is 2.26. The molecule has 0 fully saturated rings. The van der Waals surface area contributed by atoms with E-state index in [1.54, 1.807) is 10.9 Å². The lowest BCUT2D eigenvalue weighted by Crippen LogP contribution is -2.22. The van der Waals surface area contributed by atoms with Crippen LogP contribution in [0.1, 0.15) is 28.7 Å². The number of aryl methyl sites for hydroxylation is 3. The first-order chi connectivity index (χ1) is 8.54. The molecule has 0 radical (unpaired) electrons. The summed E-state index contributed by atoms with van der Waals surface area (Å²) in [5, 5.41) is 8.12. The molecule has 2 rings (SSSR count). The highest BCUT2D eigenvalue weighted by molar-refractivity contribution is 6.31. The summed E-state index contributed by atoms with van der Waals surface area (Å²) in [4.78, 5) is 4.50. The van der Waals surface area contributed by atoms with Crippen molar-refractivity contribution < 1.29 is 0 Å². The SMILES string of the molecule is CNC(c1ccc(C)nc1C)c1c(Cl)cnn1C. The minimum Gasteiger partial charge on any atom is -0.308 e. The molecule has 2 aromatic heterocycles. The van der Waals surface area contributed by atoms with Crippen molar-refractivity contribution in [2.75, 3.05) is 7.05 Å². The summed E-state index contributed by atoms with van der Waals surface area (Å²) < 4.78 is 1.79. The summed E-state index contributed by atoms with van der Waals surface area (Å²) in [6.07, 6.45) is 1.66. The van der Waals surface area contributed by atoms with Crippen molar-refractivity contribution in [1.82, 2.24) is 20.1 Å². The van der Waals surface area contributed by atoms with Crippen molar-refractivity contribution in [2.45, 2.75) is 19.9 Å². The molecule has 0 aliphatic rings.